The molecule has 132 valence electrons. The standard InChI is InChI=1S/C19H17BrN4O2/c1-12-3-9-16(10-4-12)24-18(25)17(13(2)23-24)11-21-19(26)22-15-7-5-14(20)6-8-15/h3-11,23H,1-2H3,(H,22,26). The SMILES string of the molecule is Cc1ccc(-n2[nH]c(C)c(C=NC(=O)Nc3ccc(Br)cc3)c2=O)cc1. The van der Waals surface area contributed by atoms with Gasteiger partial charge in [-0.2, -0.15) is 0 Å². The highest BCUT2D eigenvalue weighted by Gasteiger charge is 2.11. The number of benzene rings is 2. The lowest BCUT2D eigenvalue weighted by Gasteiger charge is -2.01. The van der Waals surface area contributed by atoms with Gasteiger partial charge in [-0.15, -0.1) is 0 Å². The Balaban J connectivity index is 1.80. The van der Waals surface area contributed by atoms with Crippen LogP contribution in [-0.2, 0) is 0 Å². The van der Waals surface area contributed by atoms with Crippen molar-refractivity contribution < 1.29 is 4.79 Å². The number of carbonyl (C=O) groups is 1. The first-order valence-electron chi connectivity index (χ1n) is 7.93. The Hall–Kier alpha value is -2.93. The predicted molar refractivity (Wildman–Crippen MR) is 107 cm³/mol. The van der Waals surface area contributed by atoms with Gasteiger partial charge in [-0.3, -0.25) is 9.89 Å². The van der Waals surface area contributed by atoms with Crippen LogP contribution in [0.4, 0.5) is 10.5 Å². The van der Waals surface area contributed by atoms with Crippen LogP contribution in [-0.4, -0.2) is 22.0 Å². The number of rotatable bonds is 3. The van der Waals surface area contributed by atoms with E-state index in [2.05, 4.69) is 31.3 Å². The van der Waals surface area contributed by atoms with Crippen LogP contribution in [0.2, 0.25) is 0 Å². The summed E-state index contributed by atoms with van der Waals surface area (Å²) in [6, 6.07) is 14.2. The second-order valence-electron chi connectivity index (χ2n) is 5.82. The van der Waals surface area contributed by atoms with Gasteiger partial charge in [-0.1, -0.05) is 33.6 Å². The van der Waals surface area contributed by atoms with Crippen molar-refractivity contribution in [3.8, 4) is 5.69 Å². The number of anilines is 1. The Bertz CT molecular complexity index is 1020. The van der Waals surface area contributed by atoms with E-state index in [-0.39, 0.29) is 5.56 Å². The number of halogens is 1. The van der Waals surface area contributed by atoms with Gasteiger partial charge in [0.2, 0.25) is 0 Å². The normalized spacial score (nSPS) is 11.0. The molecule has 2 amide bonds. The summed E-state index contributed by atoms with van der Waals surface area (Å²) < 4.78 is 2.35. The summed E-state index contributed by atoms with van der Waals surface area (Å²) in [4.78, 5) is 28.4. The van der Waals surface area contributed by atoms with Crippen molar-refractivity contribution in [2.24, 2.45) is 4.99 Å². The van der Waals surface area contributed by atoms with Crippen LogP contribution < -0.4 is 10.9 Å². The van der Waals surface area contributed by atoms with Crippen LogP contribution in [0, 0.1) is 13.8 Å². The van der Waals surface area contributed by atoms with E-state index in [0.29, 0.717) is 16.9 Å². The van der Waals surface area contributed by atoms with Crippen molar-refractivity contribution in [1.82, 2.24) is 9.78 Å². The first kappa shape index (κ1) is 17.9. The summed E-state index contributed by atoms with van der Waals surface area (Å²) in [7, 11) is 0. The largest absolute Gasteiger partial charge is 0.345 e. The summed E-state index contributed by atoms with van der Waals surface area (Å²) >= 11 is 3.33. The number of aryl methyl sites for hydroxylation is 2. The highest BCUT2D eigenvalue weighted by atomic mass is 79.9. The van der Waals surface area contributed by atoms with E-state index in [1.54, 1.807) is 19.1 Å². The van der Waals surface area contributed by atoms with Crippen molar-refractivity contribution in [3.63, 3.8) is 0 Å². The number of H-pyrrole nitrogens is 1. The van der Waals surface area contributed by atoms with Gasteiger partial charge in [0.15, 0.2) is 0 Å². The van der Waals surface area contributed by atoms with Crippen LogP contribution in [0.25, 0.3) is 5.69 Å². The first-order valence-corrected chi connectivity index (χ1v) is 8.72. The number of aromatic amines is 1. The van der Waals surface area contributed by atoms with Crippen LogP contribution in [0.3, 0.4) is 0 Å². The van der Waals surface area contributed by atoms with E-state index in [1.807, 2.05) is 43.3 Å². The van der Waals surface area contributed by atoms with Gasteiger partial charge in [0.1, 0.15) is 0 Å². The maximum Gasteiger partial charge on any atom is 0.345 e. The molecule has 6 nitrogen and oxygen atoms in total. The lowest BCUT2D eigenvalue weighted by molar-refractivity contribution is 0.259. The molecule has 1 aromatic heterocycles. The van der Waals surface area contributed by atoms with Gasteiger partial charge in [-0.05, 0) is 50.2 Å². The molecule has 3 aromatic rings. The smallest absolute Gasteiger partial charge is 0.306 e. The molecule has 0 atom stereocenters. The van der Waals surface area contributed by atoms with E-state index in [4.69, 9.17) is 0 Å². The molecular formula is C19H17BrN4O2. The lowest BCUT2D eigenvalue weighted by atomic mass is 10.2. The van der Waals surface area contributed by atoms with Gasteiger partial charge >= 0.3 is 6.03 Å². The third-order valence-electron chi connectivity index (χ3n) is 3.82. The average molecular weight is 413 g/mol. The highest BCUT2D eigenvalue weighted by molar-refractivity contribution is 9.10. The van der Waals surface area contributed by atoms with E-state index >= 15 is 0 Å². The fourth-order valence-corrected chi connectivity index (χ4v) is 2.66. The number of nitrogens with one attached hydrogen (secondary N) is 2. The maximum absolute atomic E-state index is 12.6. The topological polar surface area (TPSA) is 79.2 Å². The molecule has 0 aliphatic carbocycles. The number of aliphatic imine (C=N–C) groups is 1. The number of aromatic nitrogens is 2. The molecule has 0 fully saturated rings. The zero-order chi connectivity index (χ0) is 18.7. The number of hydrogen-bond donors (Lipinski definition) is 2. The fourth-order valence-electron chi connectivity index (χ4n) is 2.40. The van der Waals surface area contributed by atoms with E-state index in [1.165, 1.54) is 10.9 Å². The minimum Gasteiger partial charge on any atom is -0.306 e. The molecular weight excluding hydrogens is 396 g/mol. The number of amides is 2. The van der Waals surface area contributed by atoms with Gasteiger partial charge in [0.25, 0.3) is 5.56 Å². The van der Waals surface area contributed by atoms with Crippen LogP contribution in [0.5, 0.6) is 0 Å². The molecule has 7 heteroatoms. The second-order valence-corrected chi connectivity index (χ2v) is 6.74. The number of urea groups is 1. The Labute approximate surface area is 158 Å². The van der Waals surface area contributed by atoms with Gasteiger partial charge in [-0.25, -0.2) is 14.5 Å². The molecule has 0 bridgehead atoms. The molecule has 3 rings (SSSR count). The van der Waals surface area contributed by atoms with Crippen molar-refractivity contribution in [3.05, 3.63) is 80.2 Å². The average Bonchev–Trinajstić information content (AvgIpc) is 2.90. The van der Waals surface area contributed by atoms with Crippen molar-refractivity contribution in [2.45, 2.75) is 13.8 Å². The molecule has 2 N–H and O–H groups in total. The summed E-state index contributed by atoms with van der Waals surface area (Å²) in [6.07, 6.45) is 1.28. The predicted octanol–water partition coefficient (Wildman–Crippen LogP) is 4.20. The highest BCUT2D eigenvalue weighted by Crippen LogP contribution is 2.14. The molecule has 0 saturated carbocycles. The van der Waals surface area contributed by atoms with Gasteiger partial charge < -0.3 is 5.32 Å². The fraction of sp³-hybridized carbons (Fsp3) is 0.105. The monoisotopic (exact) mass is 412 g/mol. The van der Waals surface area contributed by atoms with Crippen LogP contribution in [0.15, 0.2) is 62.8 Å². The zero-order valence-electron chi connectivity index (χ0n) is 14.3. The summed E-state index contributed by atoms with van der Waals surface area (Å²) in [5.41, 5.74) is 3.18. The molecule has 0 aliphatic heterocycles. The molecule has 0 saturated heterocycles. The quantitative estimate of drug-likeness (QED) is 0.632. The van der Waals surface area contributed by atoms with Gasteiger partial charge in [0, 0.05) is 22.1 Å². The number of carbonyl (C=O) groups excluding carboxylic acids is 1. The van der Waals surface area contributed by atoms with Crippen molar-refractivity contribution in [1.29, 1.82) is 0 Å². The molecule has 2 aromatic carbocycles. The summed E-state index contributed by atoms with van der Waals surface area (Å²) in [5, 5.41) is 5.65. The zero-order valence-corrected chi connectivity index (χ0v) is 15.9. The minimum absolute atomic E-state index is 0.258. The molecule has 0 radical (unpaired) electrons. The molecule has 0 spiro atoms. The second kappa shape index (κ2) is 7.53. The van der Waals surface area contributed by atoms with Gasteiger partial charge in [0.05, 0.1) is 11.3 Å². The van der Waals surface area contributed by atoms with Crippen molar-refractivity contribution >= 4 is 33.9 Å². The Morgan fingerprint density at radius 1 is 1.12 bits per heavy atom. The molecule has 0 unspecified atom stereocenters. The van der Waals surface area contributed by atoms with E-state index < -0.39 is 6.03 Å². The summed E-state index contributed by atoms with van der Waals surface area (Å²) in [6.45, 7) is 3.74. The summed E-state index contributed by atoms with van der Waals surface area (Å²) in [5.74, 6) is 0. The Morgan fingerprint density at radius 2 is 1.77 bits per heavy atom. The minimum atomic E-state index is -0.547. The van der Waals surface area contributed by atoms with Crippen LogP contribution >= 0.6 is 15.9 Å². The lowest BCUT2D eigenvalue weighted by Crippen LogP contribution is -2.17. The Morgan fingerprint density at radius 3 is 2.42 bits per heavy atom. The third kappa shape index (κ3) is 4.00. The van der Waals surface area contributed by atoms with E-state index in [9.17, 15) is 9.59 Å². The van der Waals surface area contributed by atoms with E-state index in [0.717, 1.165) is 15.7 Å². The van der Waals surface area contributed by atoms with Crippen LogP contribution in [0.1, 0.15) is 16.8 Å². The molecule has 0 aliphatic rings. The van der Waals surface area contributed by atoms with Crippen molar-refractivity contribution in [2.75, 3.05) is 5.32 Å². The Kier molecular flexibility index (Phi) is 5.18. The first-order chi connectivity index (χ1) is 12.4. The maximum atomic E-state index is 12.6. The molecule has 1 heterocycles. The number of hydrogen-bond acceptors (Lipinski definition) is 2. The molecule has 26 heavy (non-hydrogen) atoms. The number of nitrogens with zero attached hydrogens (tertiary/aromatic N) is 2. The third-order valence-corrected chi connectivity index (χ3v) is 4.34.